The van der Waals surface area contributed by atoms with E-state index in [0.29, 0.717) is 12.3 Å². The van der Waals surface area contributed by atoms with E-state index in [1.807, 2.05) is 31.2 Å². The minimum atomic E-state index is -1.13. The van der Waals surface area contributed by atoms with Crippen LogP contribution in [0.5, 0.6) is 0 Å². The Hall–Kier alpha value is -2.08. The number of aliphatic carboxylic acids is 1. The number of carbonyl (C=O) groups excluding carboxylic acids is 1. The number of aryl methyl sites for hydroxylation is 1. The molecular weight excluding hydrogens is 346 g/mol. The molecule has 1 aliphatic rings. The Bertz CT molecular complexity index is 631. The van der Waals surface area contributed by atoms with Crippen molar-refractivity contribution in [2.24, 2.45) is 5.92 Å². The first-order valence-corrected chi connectivity index (χ1v) is 9.53. The van der Waals surface area contributed by atoms with Crippen molar-refractivity contribution in [1.29, 1.82) is 0 Å². The molecule has 0 saturated heterocycles. The molecule has 2 rings (SSSR count). The van der Waals surface area contributed by atoms with Gasteiger partial charge in [-0.3, -0.25) is 0 Å². The molecule has 150 valence electrons. The molecule has 6 nitrogen and oxygen atoms in total. The highest BCUT2D eigenvalue weighted by atomic mass is 16.6. The maximum absolute atomic E-state index is 12.2. The molecule has 6 heteroatoms. The standard InChI is InChI=1S/C21H31NO5/c1-14-8-10-16(11-9-14)13-26-18(19(23)24)17(12-15-6-5-7-15)22-20(25)27-21(2,3)4/h8-11,15,17-18H,5-7,12-13H2,1-4H3,(H,22,25)(H,23,24). The van der Waals surface area contributed by atoms with Crippen LogP contribution >= 0.6 is 0 Å². The van der Waals surface area contributed by atoms with Crippen molar-refractivity contribution in [3.05, 3.63) is 35.4 Å². The van der Waals surface area contributed by atoms with Crippen molar-refractivity contribution in [2.75, 3.05) is 0 Å². The summed E-state index contributed by atoms with van der Waals surface area (Å²) in [4.78, 5) is 24.1. The van der Waals surface area contributed by atoms with Crippen LogP contribution in [0.15, 0.2) is 24.3 Å². The van der Waals surface area contributed by atoms with Gasteiger partial charge in [-0.2, -0.15) is 0 Å². The Morgan fingerprint density at radius 3 is 2.33 bits per heavy atom. The normalized spacial score (nSPS) is 16.9. The second-order valence-electron chi connectivity index (χ2n) is 8.34. The molecule has 0 radical (unpaired) electrons. The van der Waals surface area contributed by atoms with Gasteiger partial charge in [-0.1, -0.05) is 49.1 Å². The molecule has 0 spiro atoms. The molecule has 0 heterocycles. The Balaban J connectivity index is 2.05. The molecule has 0 aliphatic heterocycles. The second kappa shape index (κ2) is 9.22. The van der Waals surface area contributed by atoms with Gasteiger partial charge < -0.3 is 19.9 Å². The van der Waals surface area contributed by atoms with Crippen molar-refractivity contribution in [2.45, 2.75) is 77.7 Å². The monoisotopic (exact) mass is 377 g/mol. The largest absolute Gasteiger partial charge is 0.479 e. The lowest BCUT2D eigenvalue weighted by Gasteiger charge is -2.33. The Morgan fingerprint density at radius 1 is 1.22 bits per heavy atom. The fraction of sp³-hybridized carbons (Fsp3) is 0.619. The average molecular weight is 377 g/mol. The fourth-order valence-corrected chi connectivity index (χ4v) is 3.03. The molecule has 2 unspecified atom stereocenters. The second-order valence-corrected chi connectivity index (χ2v) is 8.34. The summed E-state index contributed by atoms with van der Waals surface area (Å²) in [7, 11) is 0. The summed E-state index contributed by atoms with van der Waals surface area (Å²) < 4.78 is 11.0. The molecular formula is C21H31NO5. The molecule has 0 bridgehead atoms. The van der Waals surface area contributed by atoms with E-state index in [1.54, 1.807) is 20.8 Å². The molecule has 1 aromatic carbocycles. The summed E-state index contributed by atoms with van der Waals surface area (Å²) in [6, 6.07) is 7.11. The number of carbonyl (C=O) groups is 2. The molecule has 1 amide bonds. The number of nitrogens with one attached hydrogen (secondary N) is 1. The van der Waals surface area contributed by atoms with E-state index >= 15 is 0 Å². The Kier molecular flexibility index (Phi) is 7.25. The van der Waals surface area contributed by atoms with Crippen LogP contribution in [0.3, 0.4) is 0 Å². The zero-order valence-corrected chi connectivity index (χ0v) is 16.7. The quantitative estimate of drug-likeness (QED) is 0.714. The molecule has 2 N–H and O–H groups in total. The fourth-order valence-electron chi connectivity index (χ4n) is 3.03. The molecule has 1 aliphatic carbocycles. The minimum absolute atomic E-state index is 0.175. The topological polar surface area (TPSA) is 84.9 Å². The highest BCUT2D eigenvalue weighted by molar-refractivity contribution is 5.75. The third-order valence-corrected chi connectivity index (χ3v) is 4.67. The van der Waals surface area contributed by atoms with E-state index in [0.717, 1.165) is 30.4 Å². The molecule has 1 aromatic rings. The van der Waals surface area contributed by atoms with Crippen molar-refractivity contribution in [1.82, 2.24) is 5.32 Å². The van der Waals surface area contributed by atoms with Crippen LogP contribution in [0.1, 0.15) is 57.6 Å². The summed E-state index contributed by atoms with van der Waals surface area (Å²) in [5, 5.41) is 12.4. The number of alkyl carbamates (subject to hydrolysis) is 1. The number of hydrogen-bond donors (Lipinski definition) is 2. The predicted molar refractivity (Wildman–Crippen MR) is 103 cm³/mol. The van der Waals surface area contributed by atoms with E-state index in [4.69, 9.17) is 9.47 Å². The van der Waals surface area contributed by atoms with Crippen LogP contribution in [-0.2, 0) is 20.9 Å². The molecule has 2 atom stereocenters. The highest BCUT2D eigenvalue weighted by Gasteiger charge is 2.35. The maximum atomic E-state index is 12.2. The van der Waals surface area contributed by atoms with Gasteiger partial charge in [-0.15, -0.1) is 0 Å². The van der Waals surface area contributed by atoms with Crippen molar-refractivity contribution >= 4 is 12.1 Å². The molecule has 27 heavy (non-hydrogen) atoms. The molecule has 0 aromatic heterocycles. The van der Waals surface area contributed by atoms with E-state index in [9.17, 15) is 14.7 Å². The molecule has 1 fully saturated rings. The Morgan fingerprint density at radius 2 is 1.85 bits per heavy atom. The molecule has 1 saturated carbocycles. The van der Waals surface area contributed by atoms with Gasteiger partial charge in [0, 0.05) is 0 Å². The summed E-state index contributed by atoms with van der Waals surface area (Å²) in [5.74, 6) is -0.669. The number of benzene rings is 1. The zero-order valence-electron chi connectivity index (χ0n) is 16.7. The average Bonchev–Trinajstić information content (AvgIpc) is 2.50. The number of amides is 1. The van der Waals surface area contributed by atoms with Crippen LogP contribution in [0.4, 0.5) is 4.79 Å². The van der Waals surface area contributed by atoms with Crippen molar-refractivity contribution in [3.63, 3.8) is 0 Å². The highest BCUT2D eigenvalue weighted by Crippen LogP contribution is 2.31. The van der Waals surface area contributed by atoms with Crippen LogP contribution in [-0.4, -0.2) is 34.9 Å². The van der Waals surface area contributed by atoms with Gasteiger partial charge in [-0.05, 0) is 45.6 Å². The first kappa shape index (κ1) is 21.2. The van der Waals surface area contributed by atoms with E-state index < -0.39 is 29.8 Å². The number of hydrogen-bond acceptors (Lipinski definition) is 4. The number of rotatable bonds is 8. The van der Waals surface area contributed by atoms with Gasteiger partial charge in [0.15, 0.2) is 6.10 Å². The smallest absolute Gasteiger partial charge is 0.407 e. The third-order valence-electron chi connectivity index (χ3n) is 4.67. The summed E-state index contributed by atoms with van der Waals surface area (Å²) in [6.07, 6.45) is 2.08. The van der Waals surface area contributed by atoms with Crippen molar-refractivity contribution in [3.8, 4) is 0 Å². The number of ether oxygens (including phenoxy) is 2. The van der Waals surface area contributed by atoms with Crippen LogP contribution in [0, 0.1) is 12.8 Å². The van der Waals surface area contributed by atoms with Crippen molar-refractivity contribution < 1.29 is 24.2 Å². The lowest BCUT2D eigenvalue weighted by molar-refractivity contribution is -0.153. The van der Waals surface area contributed by atoms with Gasteiger partial charge in [0.25, 0.3) is 0 Å². The van der Waals surface area contributed by atoms with Gasteiger partial charge in [0.05, 0.1) is 12.6 Å². The Labute approximate surface area is 161 Å². The third kappa shape index (κ3) is 7.21. The van der Waals surface area contributed by atoms with Crippen LogP contribution in [0.2, 0.25) is 0 Å². The zero-order chi connectivity index (χ0) is 20.0. The van der Waals surface area contributed by atoms with Gasteiger partial charge in [-0.25, -0.2) is 9.59 Å². The number of carboxylic acids is 1. The van der Waals surface area contributed by atoms with Crippen LogP contribution < -0.4 is 5.32 Å². The lowest BCUT2D eigenvalue weighted by Crippen LogP contribution is -2.50. The maximum Gasteiger partial charge on any atom is 0.407 e. The van der Waals surface area contributed by atoms with E-state index in [1.165, 1.54) is 0 Å². The summed E-state index contributed by atoms with van der Waals surface area (Å²) in [5.41, 5.74) is 1.38. The minimum Gasteiger partial charge on any atom is -0.479 e. The lowest BCUT2D eigenvalue weighted by atomic mass is 9.80. The first-order chi connectivity index (χ1) is 12.6. The van der Waals surface area contributed by atoms with Crippen LogP contribution in [0.25, 0.3) is 0 Å². The van der Waals surface area contributed by atoms with Gasteiger partial charge >= 0.3 is 12.1 Å². The van der Waals surface area contributed by atoms with Gasteiger partial charge in [0.1, 0.15) is 5.60 Å². The SMILES string of the molecule is Cc1ccc(COC(C(=O)O)C(CC2CCC2)NC(=O)OC(C)(C)C)cc1. The summed E-state index contributed by atoms with van der Waals surface area (Å²) >= 11 is 0. The summed E-state index contributed by atoms with van der Waals surface area (Å²) in [6.45, 7) is 7.49. The van der Waals surface area contributed by atoms with Gasteiger partial charge in [0.2, 0.25) is 0 Å². The first-order valence-electron chi connectivity index (χ1n) is 9.53. The number of carboxylic acid groups (broad SMARTS) is 1. The predicted octanol–water partition coefficient (Wildman–Crippen LogP) is 4.05. The van der Waals surface area contributed by atoms with E-state index in [2.05, 4.69) is 5.32 Å². The van der Waals surface area contributed by atoms with E-state index in [-0.39, 0.29) is 6.61 Å².